The van der Waals surface area contributed by atoms with Gasteiger partial charge < -0.3 is 5.32 Å². The van der Waals surface area contributed by atoms with Crippen LogP contribution in [0.3, 0.4) is 0 Å². The molecule has 3 aromatic rings. The van der Waals surface area contributed by atoms with Gasteiger partial charge in [-0.2, -0.15) is 5.10 Å². The molecule has 0 bridgehead atoms. The molecule has 0 aliphatic rings. The van der Waals surface area contributed by atoms with Gasteiger partial charge in [0.15, 0.2) is 5.65 Å². The van der Waals surface area contributed by atoms with Crippen molar-refractivity contribution in [2.45, 2.75) is 39.8 Å². The highest BCUT2D eigenvalue weighted by atomic mass is 15.3. The highest BCUT2D eigenvalue weighted by Crippen LogP contribution is 2.21. The molecule has 2 heterocycles. The Morgan fingerprint density at radius 3 is 2.44 bits per heavy atom. The number of hydrogen-bond donors (Lipinski definition) is 1. The van der Waals surface area contributed by atoms with Gasteiger partial charge in [-0.15, -0.1) is 0 Å². The molecule has 0 amide bonds. The summed E-state index contributed by atoms with van der Waals surface area (Å²) < 4.78 is 1.84. The average molecular weight is 338 g/mol. The number of benzene rings is 1. The molecule has 0 unspecified atom stereocenters. The Morgan fingerprint density at radius 1 is 1.04 bits per heavy atom. The number of para-hydroxylation sites is 1. The van der Waals surface area contributed by atoms with Crippen LogP contribution in [0.1, 0.15) is 27.7 Å². The molecular formula is C19H26N6. The summed E-state index contributed by atoms with van der Waals surface area (Å²) in [5, 5.41) is 8.87. The summed E-state index contributed by atoms with van der Waals surface area (Å²) in [5.41, 5.74) is 1.81. The molecule has 1 N–H and O–H groups in total. The van der Waals surface area contributed by atoms with E-state index in [1.165, 1.54) is 0 Å². The Kier molecular flexibility index (Phi) is 5.28. The lowest BCUT2D eigenvalue weighted by molar-refractivity contribution is 0.182. The Balaban J connectivity index is 1.78. The van der Waals surface area contributed by atoms with E-state index in [2.05, 4.69) is 53.0 Å². The number of anilines is 1. The van der Waals surface area contributed by atoms with Crippen LogP contribution in [0.15, 0.2) is 42.9 Å². The van der Waals surface area contributed by atoms with Gasteiger partial charge in [0.25, 0.3) is 0 Å². The predicted octanol–water partition coefficient (Wildman–Crippen LogP) is 3.35. The Bertz CT molecular complexity index is 801. The number of fused-ring (bicyclic) bond motifs is 1. The van der Waals surface area contributed by atoms with Crippen molar-refractivity contribution in [3.05, 3.63) is 42.9 Å². The molecule has 6 nitrogen and oxygen atoms in total. The highest BCUT2D eigenvalue weighted by molar-refractivity contribution is 5.87. The van der Waals surface area contributed by atoms with Crippen LogP contribution >= 0.6 is 0 Å². The van der Waals surface area contributed by atoms with Gasteiger partial charge in [-0.05, 0) is 39.8 Å². The Morgan fingerprint density at radius 2 is 1.76 bits per heavy atom. The molecule has 6 heteroatoms. The van der Waals surface area contributed by atoms with E-state index in [1.807, 2.05) is 41.2 Å². The molecule has 2 aromatic heterocycles. The topological polar surface area (TPSA) is 58.9 Å². The fourth-order valence-electron chi connectivity index (χ4n) is 3.16. The maximum Gasteiger partial charge on any atom is 0.168 e. The van der Waals surface area contributed by atoms with Gasteiger partial charge in [0.2, 0.25) is 0 Å². The standard InChI is InChI=1S/C19H26N6/c1-14(2)24(15(3)4)11-10-20-18-17-12-23-25(19(17)22-13-21-18)16-8-6-5-7-9-16/h5-9,12-15H,10-11H2,1-4H3,(H,20,21,22). The molecular weight excluding hydrogens is 312 g/mol. The maximum absolute atomic E-state index is 4.49. The first-order chi connectivity index (χ1) is 12.1. The van der Waals surface area contributed by atoms with Gasteiger partial charge >= 0.3 is 0 Å². The average Bonchev–Trinajstić information content (AvgIpc) is 3.03. The largest absolute Gasteiger partial charge is 0.368 e. The fourth-order valence-corrected chi connectivity index (χ4v) is 3.16. The highest BCUT2D eigenvalue weighted by Gasteiger charge is 2.14. The first-order valence-corrected chi connectivity index (χ1v) is 8.81. The van der Waals surface area contributed by atoms with Crippen molar-refractivity contribution in [1.82, 2.24) is 24.6 Å². The fraction of sp³-hybridized carbons (Fsp3) is 0.421. The second-order valence-corrected chi connectivity index (χ2v) is 6.70. The quantitative estimate of drug-likeness (QED) is 0.716. The number of nitrogens with one attached hydrogen (secondary N) is 1. The van der Waals surface area contributed by atoms with Gasteiger partial charge in [0.05, 0.1) is 17.3 Å². The Labute approximate surface area is 148 Å². The first kappa shape index (κ1) is 17.4. The zero-order chi connectivity index (χ0) is 17.8. The monoisotopic (exact) mass is 338 g/mol. The van der Waals surface area contributed by atoms with Crippen LogP contribution in [-0.2, 0) is 0 Å². The third-order valence-electron chi connectivity index (χ3n) is 4.36. The van der Waals surface area contributed by atoms with Gasteiger partial charge in [0, 0.05) is 25.2 Å². The van der Waals surface area contributed by atoms with Crippen LogP contribution in [0.25, 0.3) is 16.7 Å². The zero-order valence-electron chi connectivity index (χ0n) is 15.3. The summed E-state index contributed by atoms with van der Waals surface area (Å²) in [6, 6.07) is 11.1. The van der Waals surface area contributed by atoms with E-state index in [0.29, 0.717) is 12.1 Å². The van der Waals surface area contributed by atoms with Crippen LogP contribution in [-0.4, -0.2) is 49.8 Å². The van der Waals surface area contributed by atoms with E-state index in [1.54, 1.807) is 6.33 Å². The second kappa shape index (κ2) is 7.61. The lowest BCUT2D eigenvalue weighted by Crippen LogP contribution is -2.40. The summed E-state index contributed by atoms with van der Waals surface area (Å²) in [6.07, 6.45) is 3.42. The second-order valence-electron chi connectivity index (χ2n) is 6.70. The third-order valence-corrected chi connectivity index (χ3v) is 4.36. The summed E-state index contributed by atoms with van der Waals surface area (Å²) >= 11 is 0. The zero-order valence-corrected chi connectivity index (χ0v) is 15.3. The minimum Gasteiger partial charge on any atom is -0.368 e. The molecule has 0 atom stereocenters. The van der Waals surface area contributed by atoms with E-state index in [4.69, 9.17) is 0 Å². The number of rotatable bonds is 7. The molecule has 0 saturated carbocycles. The molecule has 25 heavy (non-hydrogen) atoms. The van der Waals surface area contributed by atoms with Crippen molar-refractivity contribution in [3.63, 3.8) is 0 Å². The van der Waals surface area contributed by atoms with E-state index >= 15 is 0 Å². The van der Waals surface area contributed by atoms with Crippen LogP contribution in [0.5, 0.6) is 0 Å². The summed E-state index contributed by atoms with van der Waals surface area (Å²) in [5.74, 6) is 0.833. The summed E-state index contributed by atoms with van der Waals surface area (Å²) in [6.45, 7) is 10.7. The number of hydrogen-bond acceptors (Lipinski definition) is 5. The minimum absolute atomic E-state index is 0.521. The van der Waals surface area contributed by atoms with Gasteiger partial charge in [-0.1, -0.05) is 18.2 Å². The van der Waals surface area contributed by atoms with E-state index in [0.717, 1.165) is 35.6 Å². The van der Waals surface area contributed by atoms with E-state index in [9.17, 15) is 0 Å². The van der Waals surface area contributed by atoms with E-state index < -0.39 is 0 Å². The number of aromatic nitrogens is 4. The van der Waals surface area contributed by atoms with Crippen molar-refractivity contribution < 1.29 is 0 Å². The molecule has 3 rings (SSSR count). The molecule has 0 saturated heterocycles. The Hall–Kier alpha value is -2.47. The normalized spacial score (nSPS) is 11.8. The van der Waals surface area contributed by atoms with Crippen LogP contribution in [0.2, 0.25) is 0 Å². The molecule has 0 aliphatic carbocycles. The molecule has 1 aromatic carbocycles. The SMILES string of the molecule is CC(C)N(CCNc1ncnc2c1cnn2-c1ccccc1)C(C)C. The lowest BCUT2D eigenvalue weighted by atomic mass is 10.2. The van der Waals surface area contributed by atoms with Crippen molar-refractivity contribution in [2.75, 3.05) is 18.4 Å². The minimum atomic E-state index is 0.521. The molecule has 132 valence electrons. The molecule has 0 spiro atoms. The molecule has 0 fully saturated rings. The van der Waals surface area contributed by atoms with Crippen LogP contribution < -0.4 is 5.32 Å². The van der Waals surface area contributed by atoms with Crippen molar-refractivity contribution in [2.24, 2.45) is 0 Å². The molecule has 0 radical (unpaired) electrons. The summed E-state index contributed by atoms with van der Waals surface area (Å²) in [4.78, 5) is 11.3. The van der Waals surface area contributed by atoms with Gasteiger partial charge in [-0.25, -0.2) is 14.6 Å². The lowest BCUT2D eigenvalue weighted by Gasteiger charge is -2.30. The smallest absolute Gasteiger partial charge is 0.168 e. The number of nitrogens with zero attached hydrogens (tertiary/aromatic N) is 5. The van der Waals surface area contributed by atoms with Gasteiger partial charge in [-0.3, -0.25) is 4.90 Å². The van der Waals surface area contributed by atoms with Gasteiger partial charge in [0.1, 0.15) is 12.1 Å². The maximum atomic E-state index is 4.49. The van der Waals surface area contributed by atoms with Crippen LogP contribution in [0, 0.1) is 0 Å². The molecule has 0 aliphatic heterocycles. The third kappa shape index (κ3) is 3.79. The summed E-state index contributed by atoms with van der Waals surface area (Å²) in [7, 11) is 0. The van der Waals surface area contributed by atoms with Crippen LogP contribution in [0.4, 0.5) is 5.82 Å². The first-order valence-electron chi connectivity index (χ1n) is 8.81. The van der Waals surface area contributed by atoms with Crippen molar-refractivity contribution in [1.29, 1.82) is 0 Å². The predicted molar refractivity (Wildman–Crippen MR) is 102 cm³/mol. The van der Waals surface area contributed by atoms with Crippen molar-refractivity contribution >= 4 is 16.9 Å². The van der Waals surface area contributed by atoms with Crippen molar-refractivity contribution in [3.8, 4) is 5.69 Å². The van der Waals surface area contributed by atoms with E-state index in [-0.39, 0.29) is 0 Å².